The predicted molar refractivity (Wildman–Crippen MR) is 95.3 cm³/mol. The second-order valence-corrected chi connectivity index (χ2v) is 6.56. The molecule has 1 aliphatic rings. The van der Waals surface area contributed by atoms with Crippen LogP contribution in [0.5, 0.6) is 0 Å². The van der Waals surface area contributed by atoms with E-state index in [2.05, 4.69) is 0 Å². The average Bonchev–Trinajstić information content (AvgIpc) is 3.05. The topological polar surface area (TPSA) is 66.6 Å². The van der Waals surface area contributed by atoms with E-state index >= 15 is 0 Å². The van der Waals surface area contributed by atoms with Crippen molar-refractivity contribution in [2.75, 3.05) is 12.3 Å². The maximum Gasteiger partial charge on any atom is 0.227 e. The molecule has 0 saturated carbocycles. The monoisotopic (exact) mass is 342 g/mol. The average molecular weight is 342 g/mol. The molecule has 0 radical (unpaired) electrons. The Morgan fingerprint density at radius 2 is 1.96 bits per heavy atom. The van der Waals surface area contributed by atoms with Gasteiger partial charge < -0.3 is 15.7 Å². The van der Waals surface area contributed by atoms with Crippen molar-refractivity contribution in [3.63, 3.8) is 0 Å². The van der Waals surface area contributed by atoms with Crippen LogP contribution in [0.2, 0.25) is 0 Å². The van der Waals surface area contributed by atoms with Crippen LogP contribution in [0.1, 0.15) is 36.5 Å². The van der Waals surface area contributed by atoms with Gasteiger partial charge in [0.15, 0.2) is 0 Å². The second-order valence-electron chi connectivity index (χ2n) is 6.56. The molecule has 1 fully saturated rings. The second kappa shape index (κ2) is 7.66. The fourth-order valence-electron chi connectivity index (χ4n) is 3.45. The fraction of sp³-hybridized carbons (Fsp3) is 0.350. The van der Waals surface area contributed by atoms with Crippen molar-refractivity contribution < 1.29 is 14.3 Å². The number of nitrogen functional groups attached to an aromatic ring is 1. The highest BCUT2D eigenvalue weighted by molar-refractivity contribution is 5.81. The highest BCUT2D eigenvalue weighted by Crippen LogP contribution is 2.28. The minimum atomic E-state index is -0.708. The summed E-state index contributed by atoms with van der Waals surface area (Å²) in [5, 5.41) is 10.4. The van der Waals surface area contributed by atoms with Gasteiger partial charge in [-0.25, -0.2) is 4.39 Å². The number of nitrogens with zero attached hydrogens (tertiary/aromatic N) is 1. The lowest BCUT2D eigenvalue weighted by atomic mass is 10.00. The number of hydrogen-bond acceptors (Lipinski definition) is 3. The van der Waals surface area contributed by atoms with E-state index in [4.69, 9.17) is 5.73 Å². The molecule has 0 bridgehead atoms. The first kappa shape index (κ1) is 17.4. The van der Waals surface area contributed by atoms with Crippen LogP contribution in [0.4, 0.5) is 10.1 Å². The molecule has 0 spiro atoms. The van der Waals surface area contributed by atoms with Crippen molar-refractivity contribution in [3.8, 4) is 0 Å². The number of carbonyl (C=O) groups is 1. The number of rotatable bonds is 5. The molecule has 0 aliphatic carbocycles. The predicted octanol–water partition coefficient (Wildman–Crippen LogP) is 3.07. The van der Waals surface area contributed by atoms with Gasteiger partial charge in [0.1, 0.15) is 5.82 Å². The maximum absolute atomic E-state index is 13.0. The molecule has 0 aromatic heterocycles. The molecule has 1 saturated heterocycles. The van der Waals surface area contributed by atoms with Crippen LogP contribution < -0.4 is 5.73 Å². The summed E-state index contributed by atoms with van der Waals surface area (Å²) < 4.78 is 13.0. The van der Waals surface area contributed by atoms with E-state index in [1.807, 2.05) is 23.1 Å². The van der Waals surface area contributed by atoms with Crippen molar-refractivity contribution in [1.29, 1.82) is 0 Å². The Kier molecular flexibility index (Phi) is 5.34. The minimum Gasteiger partial charge on any atom is -0.398 e. The lowest BCUT2D eigenvalue weighted by Crippen LogP contribution is -2.37. The van der Waals surface area contributed by atoms with Gasteiger partial charge in [-0.1, -0.05) is 30.3 Å². The number of benzene rings is 2. The molecule has 2 aromatic rings. The van der Waals surface area contributed by atoms with E-state index in [9.17, 15) is 14.3 Å². The molecule has 2 aromatic carbocycles. The van der Waals surface area contributed by atoms with Gasteiger partial charge >= 0.3 is 0 Å². The zero-order chi connectivity index (χ0) is 17.8. The van der Waals surface area contributed by atoms with Gasteiger partial charge in [-0.2, -0.15) is 0 Å². The summed E-state index contributed by atoms with van der Waals surface area (Å²) in [5.41, 5.74) is 8.06. The SMILES string of the molecule is Nc1ccccc1CC(=O)N1CCCC1CC(O)c1ccc(F)cc1. The molecule has 2 unspecified atom stereocenters. The zero-order valence-electron chi connectivity index (χ0n) is 14.1. The smallest absolute Gasteiger partial charge is 0.227 e. The van der Waals surface area contributed by atoms with Crippen molar-refractivity contribution in [2.45, 2.75) is 37.8 Å². The standard InChI is InChI=1S/C20H23FN2O2/c21-16-9-7-14(8-10-16)19(24)13-17-5-3-11-23(17)20(25)12-15-4-1-2-6-18(15)22/h1-2,4,6-10,17,19,24H,3,5,11-13,22H2. The Morgan fingerprint density at radius 3 is 2.68 bits per heavy atom. The molecule has 3 rings (SSSR count). The van der Waals surface area contributed by atoms with E-state index in [0.29, 0.717) is 24.2 Å². The van der Waals surface area contributed by atoms with Crippen LogP contribution in [0.25, 0.3) is 0 Å². The molecule has 1 amide bonds. The number of anilines is 1. The third kappa shape index (κ3) is 4.17. The van der Waals surface area contributed by atoms with Gasteiger partial charge in [0.05, 0.1) is 12.5 Å². The summed E-state index contributed by atoms with van der Waals surface area (Å²) in [6, 6.07) is 13.2. The first-order chi connectivity index (χ1) is 12.0. The van der Waals surface area contributed by atoms with Crippen LogP contribution in [0.3, 0.4) is 0 Å². The van der Waals surface area contributed by atoms with Gasteiger partial charge in [-0.3, -0.25) is 4.79 Å². The van der Waals surface area contributed by atoms with Crippen molar-refractivity contribution in [3.05, 3.63) is 65.5 Å². The van der Waals surface area contributed by atoms with E-state index in [1.165, 1.54) is 12.1 Å². The van der Waals surface area contributed by atoms with Gasteiger partial charge in [-0.05, 0) is 48.6 Å². The van der Waals surface area contributed by atoms with Crippen LogP contribution in [-0.4, -0.2) is 28.5 Å². The van der Waals surface area contributed by atoms with Crippen LogP contribution in [0.15, 0.2) is 48.5 Å². The van der Waals surface area contributed by atoms with Gasteiger partial charge in [0, 0.05) is 18.3 Å². The first-order valence-electron chi connectivity index (χ1n) is 8.61. The lowest BCUT2D eigenvalue weighted by molar-refractivity contribution is -0.131. The van der Waals surface area contributed by atoms with E-state index in [1.54, 1.807) is 18.2 Å². The number of para-hydroxylation sites is 1. The fourth-order valence-corrected chi connectivity index (χ4v) is 3.45. The van der Waals surface area contributed by atoms with Gasteiger partial charge in [0.25, 0.3) is 0 Å². The van der Waals surface area contributed by atoms with Crippen molar-refractivity contribution in [2.24, 2.45) is 0 Å². The van der Waals surface area contributed by atoms with E-state index < -0.39 is 6.10 Å². The number of aliphatic hydroxyl groups excluding tert-OH is 1. The van der Waals surface area contributed by atoms with E-state index in [-0.39, 0.29) is 24.2 Å². The Balaban J connectivity index is 1.64. The molecule has 1 heterocycles. The Bertz CT molecular complexity index is 733. The first-order valence-corrected chi connectivity index (χ1v) is 8.61. The van der Waals surface area contributed by atoms with Crippen LogP contribution >= 0.6 is 0 Å². The third-order valence-corrected chi connectivity index (χ3v) is 4.84. The highest BCUT2D eigenvalue weighted by Gasteiger charge is 2.30. The molecule has 2 atom stereocenters. The number of carbonyl (C=O) groups excluding carboxylic acids is 1. The number of amides is 1. The normalized spacial score (nSPS) is 18.3. The Hall–Kier alpha value is -2.40. The maximum atomic E-state index is 13.0. The molecule has 3 N–H and O–H groups in total. The molecule has 4 nitrogen and oxygen atoms in total. The molecule has 25 heavy (non-hydrogen) atoms. The summed E-state index contributed by atoms with van der Waals surface area (Å²) >= 11 is 0. The number of likely N-dealkylation sites (tertiary alicyclic amines) is 1. The lowest BCUT2D eigenvalue weighted by Gasteiger charge is -2.27. The summed E-state index contributed by atoms with van der Waals surface area (Å²) in [5.74, 6) is -0.291. The van der Waals surface area contributed by atoms with Crippen LogP contribution in [-0.2, 0) is 11.2 Å². The van der Waals surface area contributed by atoms with Gasteiger partial charge in [-0.15, -0.1) is 0 Å². The molecule has 5 heteroatoms. The Morgan fingerprint density at radius 1 is 1.24 bits per heavy atom. The summed E-state index contributed by atoms with van der Waals surface area (Å²) in [6.07, 6.45) is 1.82. The number of hydrogen-bond donors (Lipinski definition) is 2. The van der Waals surface area contributed by atoms with Gasteiger partial charge in [0.2, 0.25) is 5.91 Å². The largest absolute Gasteiger partial charge is 0.398 e. The molecule has 1 aliphatic heterocycles. The number of halogens is 1. The molecular formula is C20H23FN2O2. The van der Waals surface area contributed by atoms with Crippen molar-refractivity contribution >= 4 is 11.6 Å². The summed E-state index contributed by atoms with van der Waals surface area (Å²) in [4.78, 5) is 14.5. The summed E-state index contributed by atoms with van der Waals surface area (Å²) in [6.45, 7) is 0.701. The number of nitrogens with two attached hydrogens (primary N) is 1. The quantitative estimate of drug-likeness (QED) is 0.821. The highest BCUT2D eigenvalue weighted by atomic mass is 19.1. The Labute approximate surface area is 147 Å². The van der Waals surface area contributed by atoms with Crippen molar-refractivity contribution in [1.82, 2.24) is 4.90 Å². The molecule has 132 valence electrons. The third-order valence-electron chi connectivity index (χ3n) is 4.84. The van der Waals surface area contributed by atoms with Crippen LogP contribution in [0, 0.1) is 5.82 Å². The molecular weight excluding hydrogens is 319 g/mol. The minimum absolute atomic E-state index is 0.00232. The summed E-state index contributed by atoms with van der Waals surface area (Å²) in [7, 11) is 0. The van der Waals surface area contributed by atoms with E-state index in [0.717, 1.165) is 18.4 Å². The zero-order valence-corrected chi connectivity index (χ0v) is 14.1. The number of aliphatic hydroxyl groups is 1.